The Hall–Kier alpha value is -3.22. The largest absolute Gasteiger partial charge is 0.337 e. The number of H-pyrrole nitrogens is 1. The molecule has 2 N–H and O–H groups in total. The predicted molar refractivity (Wildman–Crippen MR) is 98.2 cm³/mol. The Morgan fingerprint density at radius 2 is 1.88 bits per heavy atom. The predicted octanol–water partition coefficient (Wildman–Crippen LogP) is 2.96. The molecule has 4 rings (SSSR count). The van der Waals surface area contributed by atoms with Crippen LogP contribution >= 0.6 is 0 Å². The minimum absolute atomic E-state index is 0.0215. The van der Waals surface area contributed by atoms with Gasteiger partial charge in [0.25, 0.3) is 5.91 Å². The molecular formula is C19H20N6O. The van der Waals surface area contributed by atoms with Gasteiger partial charge in [0.1, 0.15) is 17.3 Å². The first-order valence-corrected chi connectivity index (χ1v) is 8.72. The molecule has 1 amide bonds. The number of aromatic nitrogens is 4. The van der Waals surface area contributed by atoms with Crippen LogP contribution in [0.4, 0.5) is 11.6 Å². The average Bonchev–Trinajstić information content (AvgIpc) is 3.23. The highest BCUT2D eigenvalue weighted by Gasteiger charge is 2.25. The number of carbonyl (C=O) groups excluding carboxylic acids is 1. The number of pyridine rings is 2. The van der Waals surface area contributed by atoms with Crippen LogP contribution in [0.2, 0.25) is 0 Å². The van der Waals surface area contributed by atoms with Crippen LogP contribution in [0.25, 0.3) is 0 Å². The third kappa shape index (κ3) is 3.56. The van der Waals surface area contributed by atoms with Gasteiger partial charge in [-0.2, -0.15) is 5.10 Å². The van der Waals surface area contributed by atoms with Crippen LogP contribution < -0.4 is 5.32 Å². The van der Waals surface area contributed by atoms with Gasteiger partial charge in [0, 0.05) is 31.7 Å². The first kappa shape index (κ1) is 16.3. The van der Waals surface area contributed by atoms with Crippen molar-refractivity contribution in [2.45, 2.75) is 18.8 Å². The minimum atomic E-state index is 0.0215. The molecule has 7 nitrogen and oxygen atoms in total. The number of hydrogen-bond donors (Lipinski definition) is 2. The van der Waals surface area contributed by atoms with Crippen LogP contribution in [0.1, 0.15) is 34.8 Å². The maximum atomic E-state index is 12.4. The van der Waals surface area contributed by atoms with Crippen molar-refractivity contribution in [1.82, 2.24) is 25.1 Å². The molecule has 132 valence electrons. The summed E-state index contributed by atoms with van der Waals surface area (Å²) in [5.74, 6) is 2.01. The number of anilines is 2. The van der Waals surface area contributed by atoms with E-state index in [-0.39, 0.29) is 5.91 Å². The monoisotopic (exact) mass is 348 g/mol. The summed E-state index contributed by atoms with van der Waals surface area (Å²) in [5, 5.41) is 9.83. The molecule has 0 bridgehead atoms. The quantitative estimate of drug-likeness (QED) is 0.757. The Balaban J connectivity index is 1.40. The molecule has 7 heteroatoms. The molecule has 0 unspecified atom stereocenters. The fourth-order valence-corrected chi connectivity index (χ4v) is 3.30. The van der Waals surface area contributed by atoms with Crippen LogP contribution in [0.5, 0.6) is 0 Å². The van der Waals surface area contributed by atoms with Gasteiger partial charge in [0.15, 0.2) is 0 Å². The molecule has 3 aromatic rings. The van der Waals surface area contributed by atoms with Crippen molar-refractivity contribution in [1.29, 1.82) is 0 Å². The maximum Gasteiger partial charge on any atom is 0.271 e. The summed E-state index contributed by atoms with van der Waals surface area (Å²) in [6.07, 6.45) is 7.05. The number of amides is 1. The van der Waals surface area contributed by atoms with Gasteiger partial charge in [-0.25, -0.2) is 9.97 Å². The zero-order valence-electron chi connectivity index (χ0n) is 14.3. The zero-order chi connectivity index (χ0) is 17.8. The van der Waals surface area contributed by atoms with Crippen LogP contribution in [0.3, 0.4) is 0 Å². The van der Waals surface area contributed by atoms with E-state index in [1.807, 2.05) is 29.3 Å². The zero-order valence-corrected chi connectivity index (χ0v) is 14.3. The Morgan fingerprint density at radius 1 is 1.04 bits per heavy atom. The van der Waals surface area contributed by atoms with Gasteiger partial charge in [0.05, 0.1) is 0 Å². The number of nitrogens with one attached hydrogen (secondary N) is 2. The minimum Gasteiger partial charge on any atom is -0.337 e. The standard InChI is InChI=1S/C19H20N6O/c26-19(16-5-10-22-24-16)25-11-6-14(7-12-25)15-4-9-21-18(13-15)23-17-3-1-2-8-20-17/h1-5,8-10,13-14H,6-7,11-12H2,(H,22,24)(H,20,21,23). The van der Waals surface area contributed by atoms with Crippen LogP contribution in [0, 0.1) is 0 Å². The summed E-state index contributed by atoms with van der Waals surface area (Å²) in [6.45, 7) is 1.49. The highest BCUT2D eigenvalue weighted by Crippen LogP contribution is 2.29. The van der Waals surface area contributed by atoms with E-state index in [1.165, 1.54) is 5.56 Å². The molecule has 1 aliphatic heterocycles. The van der Waals surface area contributed by atoms with Gasteiger partial charge >= 0.3 is 0 Å². The lowest BCUT2D eigenvalue weighted by Crippen LogP contribution is -2.38. The second-order valence-corrected chi connectivity index (χ2v) is 6.35. The molecular weight excluding hydrogens is 328 g/mol. The number of likely N-dealkylation sites (tertiary alicyclic amines) is 1. The second-order valence-electron chi connectivity index (χ2n) is 6.35. The highest BCUT2D eigenvalue weighted by molar-refractivity contribution is 5.92. The van der Waals surface area contributed by atoms with Crippen LogP contribution in [-0.4, -0.2) is 44.1 Å². The lowest BCUT2D eigenvalue weighted by molar-refractivity contribution is 0.0707. The first-order valence-electron chi connectivity index (χ1n) is 8.72. The Bertz CT molecular complexity index is 857. The van der Waals surface area contributed by atoms with Crippen molar-refractivity contribution in [3.63, 3.8) is 0 Å². The first-order chi connectivity index (χ1) is 12.8. The molecule has 1 fully saturated rings. The van der Waals surface area contributed by atoms with E-state index in [9.17, 15) is 4.79 Å². The normalized spacial score (nSPS) is 15.0. The summed E-state index contributed by atoms with van der Waals surface area (Å²) in [7, 11) is 0. The number of piperidine rings is 1. The van der Waals surface area contributed by atoms with E-state index in [1.54, 1.807) is 18.5 Å². The van der Waals surface area contributed by atoms with Crippen molar-refractivity contribution < 1.29 is 4.79 Å². The summed E-state index contributed by atoms with van der Waals surface area (Å²) in [4.78, 5) is 22.9. The molecule has 4 heterocycles. The number of nitrogens with zero attached hydrogens (tertiary/aromatic N) is 4. The molecule has 3 aromatic heterocycles. The van der Waals surface area contributed by atoms with Crippen molar-refractivity contribution in [3.8, 4) is 0 Å². The fourth-order valence-electron chi connectivity index (χ4n) is 3.30. The molecule has 26 heavy (non-hydrogen) atoms. The molecule has 0 aromatic carbocycles. The second kappa shape index (κ2) is 7.35. The van der Waals surface area contributed by atoms with Gasteiger partial charge in [-0.05, 0) is 54.7 Å². The Morgan fingerprint density at radius 3 is 2.62 bits per heavy atom. The number of rotatable bonds is 4. The van der Waals surface area contributed by atoms with Gasteiger partial charge in [-0.3, -0.25) is 9.89 Å². The molecule has 1 saturated heterocycles. The third-order valence-electron chi connectivity index (χ3n) is 4.69. The van der Waals surface area contributed by atoms with Gasteiger partial charge < -0.3 is 10.2 Å². The molecule has 0 atom stereocenters. The Labute approximate surface area is 151 Å². The highest BCUT2D eigenvalue weighted by atomic mass is 16.2. The summed E-state index contributed by atoms with van der Waals surface area (Å²) in [5.41, 5.74) is 1.79. The van der Waals surface area contributed by atoms with E-state index < -0.39 is 0 Å². The van der Waals surface area contributed by atoms with E-state index in [0.717, 1.165) is 37.6 Å². The van der Waals surface area contributed by atoms with Gasteiger partial charge in [-0.15, -0.1) is 0 Å². The molecule has 0 radical (unpaired) electrons. The number of hydrogen-bond acceptors (Lipinski definition) is 5. The lowest BCUT2D eigenvalue weighted by atomic mass is 9.90. The maximum absolute atomic E-state index is 12.4. The number of aromatic amines is 1. The van der Waals surface area contributed by atoms with Crippen molar-refractivity contribution in [2.75, 3.05) is 18.4 Å². The topological polar surface area (TPSA) is 86.8 Å². The third-order valence-corrected chi connectivity index (χ3v) is 4.69. The van der Waals surface area contributed by atoms with Gasteiger partial charge in [0.2, 0.25) is 0 Å². The average molecular weight is 348 g/mol. The summed E-state index contributed by atoms with van der Waals surface area (Å²) >= 11 is 0. The van der Waals surface area contributed by atoms with E-state index in [2.05, 4.69) is 37.6 Å². The van der Waals surface area contributed by atoms with Crippen LogP contribution in [0.15, 0.2) is 55.0 Å². The van der Waals surface area contributed by atoms with Crippen molar-refractivity contribution in [2.24, 2.45) is 0 Å². The lowest BCUT2D eigenvalue weighted by Gasteiger charge is -2.32. The van der Waals surface area contributed by atoms with Crippen molar-refractivity contribution >= 4 is 17.5 Å². The summed E-state index contributed by atoms with van der Waals surface area (Å²) in [6, 6.07) is 11.6. The SMILES string of the molecule is O=C(c1ccn[nH]1)N1CCC(c2ccnc(Nc3ccccn3)c2)CC1. The van der Waals surface area contributed by atoms with E-state index in [4.69, 9.17) is 0 Å². The number of carbonyl (C=O) groups is 1. The van der Waals surface area contributed by atoms with Gasteiger partial charge in [-0.1, -0.05) is 6.07 Å². The molecule has 0 spiro atoms. The molecule has 0 saturated carbocycles. The van der Waals surface area contributed by atoms with Crippen molar-refractivity contribution in [3.05, 3.63) is 66.2 Å². The fraction of sp³-hybridized carbons (Fsp3) is 0.263. The van der Waals surface area contributed by atoms with Crippen LogP contribution in [-0.2, 0) is 0 Å². The van der Waals surface area contributed by atoms with E-state index >= 15 is 0 Å². The molecule has 0 aliphatic carbocycles. The molecule has 1 aliphatic rings. The van der Waals surface area contributed by atoms with E-state index in [0.29, 0.717) is 11.6 Å². The smallest absolute Gasteiger partial charge is 0.271 e. The Kier molecular flexibility index (Phi) is 4.59. The summed E-state index contributed by atoms with van der Waals surface area (Å²) < 4.78 is 0.